The second-order valence-corrected chi connectivity index (χ2v) is 5.09. The molecule has 2 fully saturated rings. The molecule has 1 amide bonds. The zero-order valence-electron chi connectivity index (χ0n) is 10.1. The van der Waals surface area contributed by atoms with Crippen molar-refractivity contribution in [1.82, 2.24) is 4.90 Å². The highest BCUT2D eigenvalue weighted by atomic mass is 16.5. The lowest BCUT2D eigenvalue weighted by molar-refractivity contribution is -0.159. The second-order valence-electron chi connectivity index (χ2n) is 5.09. The Hall–Kier alpha value is -1.14. The van der Waals surface area contributed by atoms with Crippen LogP contribution in [0.4, 0.5) is 0 Å². The van der Waals surface area contributed by atoms with Crippen LogP contribution in [0.2, 0.25) is 0 Å². The molecule has 0 aromatic carbocycles. The Bertz CT molecular complexity index is 369. The fourth-order valence-corrected chi connectivity index (χ4v) is 2.94. The van der Waals surface area contributed by atoms with E-state index in [1.165, 1.54) is 0 Å². The summed E-state index contributed by atoms with van der Waals surface area (Å²) in [7, 11) is 0. The molecule has 0 radical (unpaired) electrons. The van der Waals surface area contributed by atoms with Gasteiger partial charge in [0.1, 0.15) is 12.8 Å². The number of hydrogen-bond donors (Lipinski definition) is 2. The Kier molecular flexibility index (Phi) is 2.67. The molecule has 4 atom stereocenters. The quantitative estimate of drug-likeness (QED) is 0.693. The van der Waals surface area contributed by atoms with Crippen LogP contribution in [0.1, 0.15) is 20.8 Å². The van der Waals surface area contributed by atoms with Gasteiger partial charge in [-0.2, -0.15) is 0 Å². The van der Waals surface area contributed by atoms with E-state index in [1.54, 1.807) is 6.92 Å². The molecule has 17 heavy (non-hydrogen) atoms. The number of carboxylic acid groups (broad SMARTS) is 1. The molecule has 0 aromatic heterocycles. The zero-order chi connectivity index (χ0) is 13.0. The number of carbonyl (C=O) groups is 2. The van der Waals surface area contributed by atoms with Crippen molar-refractivity contribution in [2.75, 3.05) is 6.73 Å². The monoisotopic (exact) mass is 243 g/mol. The molecular formula is C11H17NO5. The number of aliphatic carboxylic acids is 1. The van der Waals surface area contributed by atoms with Gasteiger partial charge in [0.05, 0.1) is 12.0 Å². The lowest BCUT2D eigenvalue weighted by Gasteiger charge is -2.35. The minimum atomic E-state index is -1.62. The highest BCUT2D eigenvalue weighted by Crippen LogP contribution is 2.44. The van der Waals surface area contributed by atoms with Crippen molar-refractivity contribution in [3.8, 4) is 0 Å². The van der Waals surface area contributed by atoms with Crippen LogP contribution < -0.4 is 0 Å². The third-order valence-electron chi connectivity index (χ3n) is 3.79. The van der Waals surface area contributed by atoms with Gasteiger partial charge in [-0.3, -0.25) is 9.69 Å². The van der Waals surface area contributed by atoms with E-state index in [0.29, 0.717) is 0 Å². The van der Waals surface area contributed by atoms with Gasteiger partial charge >= 0.3 is 5.97 Å². The maximum Gasteiger partial charge on any atom is 0.335 e. The third-order valence-corrected chi connectivity index (χ3v) is 3.79. The van der Waals surface area contributed by atoms with Crippen LogP contribution in [0.15, 0.2) is 0 Å². The van der Waals surface area contributed by atoms with Crippen LogP contribution >= 0.6 is 0 Å². The molecule has 2 saturated heterocycles. The van der Waals surface area contributed by atoms with Gasteiger partial charge in [-0.1, -0.05) is 20.8 Å². The molecule has 6 nitrogen and oxygen atoms in total. The minimum Gasteiger partial charge on any atom is -0.479 e. The summed E-state index contributed by atoms with van der Waals surface area (Å²) >= 11 is 0. The van der Waals surface area contributed by atoms with Crippen molar-refractivity contribution in [3.63, 3.8) is 0 Å². The normalized spacial score (nSPS) is 41.1. The molecule has 2 aliphatic heterocycles. The van der Waals surface area contributed by atoms with E-state index < -0.39 is 29.6 Å². The van der Waals surface area contributed by atoms with Crippen LogP contribution in [0.25, 0.3) is 0 Å². The van der Waals surface area contributed by atoms with Crippen LogP contribution in [0, 0.1) is 11.8 Å². The fraction of sp³-hybridized carbons (Fsp3) is 0.818. The second kappa shape index (κ2) is 3.68. The topological polar surface area (TPSA) is 87.1 Å². The highest BCUT2D eigenvalue weighted by molar-refractivity contribution is 5.94. The molecule has 0 unspecified atom stereocenters. The largest absolute Gasteiger partial charge is 0.479 e. The molecule has 0 bridgehead atoms. The number of carbonyl (C=O) groups excluding carboxylic acids is 1. The fourth-order valence-electron chi connectivity index (χ4n) is 2.94. The lowest BCUT2D eigenvalue weighted by Crippen LogP contribution is -2.61. The Morgan fingerprint density at radius 3 is 2.65 bits per heavy atom. The van der Waals surface area contributed by atoms with Crippen LogP contribution in [0.3, 0.4) is 0 Å². The first-order valence-electron chi connectivity index (χ1n) is 5.69. The van der Waals surface area contributed by atoms with Gasteiger partial charge in [0.2, 0.25) is 5.91 Å². The summed E-state index contributed by atoms with van der Waals surface area (Å²) in [4.78, 5) is 24.6. The van der Waals surface area contributed by atoms with Crippen molar-refractivity contribution in [2.24, 2.45) is 11.8 Å². The molecule has 2 aliphatic rings. The molecule has 0 spiro atoms. The number of carboxylic acids is 1. The predicted molar refractivity (Wildman–Crippen MR) is 57.0 cm³/mol. The van der Waals surface area contributed by atoms with Gasteiger partial charge in [-0.05, 0) is 5.92 Å². The van der Waals surface area contributed by atoms with E-state index in [4.69, 9.17) is 4.74 Å². The summed E-state index contributed by atoms with van der Waals surface area (Å²) in [5.74, 6) is -2.35. The van der Waals surface area contributed by atoms with E-state index in [2.05, 4.69) is 0 Å². The van der Waals surface area contributed by atoms with Gasteiger partial charge in [-0.15, -0.1) is 0 Å². The van der Waals surface area contributed by atoms with E-state index in [-0.39, 0.29) is 18.6 Å². The Labute approximate surface area is 99.2 Å². The summed E-state index contributed by atoms with van der Waals surface area (Å²) in [5.41, 5.74) is -1.62. The number of ether oxygens (including phenoxy) is 1. The smallest absolute Gasteiger partial charge is 0.335 e. The van der Waals surface area contributed by atoms with E-state index >= 15 is 0 Å². The minimum absolute atomic E-state index is 0.0601. The van der Waals surface area contributed by atoms with Gasteiger partial charge in [0.15, 0.2) is 5.54 Å². The molecule has 0 aromatic rings. The Morgan fingerprint density at radius 1 is 1.59 bits per heavy atom. The molecule has 2 N–H and O–H groups in total. The Balaban J connectivity index is 2.53. The summed E-state index contributed by atoms with van der Waals surface area (Å²) < 4.78 is 5.40. The van der Waals surface area contributed by atoms with E-state index in [0.717, 1.165) is 4.90 Å². The van der Waals surface area contributed by atoms with Gasteiger partial charge in [0.25, 0.3) is 0 Å². The third kappa shape index (κ3) is 1.28. The molecule has 2 heterocycles. The average molecular weight is 243 g/mol. The number of nitrogens with zero attached hydrogens (tertiary/aromatic N) is 1. The van der Waals surface area contributed by atoms with Crippen molar-refractivity contribution < 1.29 is 24.5 Å². The molecule has 0 aliphatic carbocycles. The van der Waals surface area contributed by atoms with Gasteiger partial charge < -0.3 is 14.9 Å². The maximum atomic E-state index is 11.9. The summed E-state index contributed by atoms with van der Waals surface area (Å²) in [6.45, 7) is 5.13. The summed E-state index contributed by atoms with van der Waals surface area (Å²) in [6.07, 6.45) is -1.91. The number of aliphatic hydroxyl groups excluding tert-OH is 1. The highest BCUT2D eigenvalue weighted by Gasteiger charge is 2.69. The molecule has 0 saturated carbocycles. The molecule has 6 heteroatoms. The summed E-state index contributed by atoms with van der Waals surface area (Å²) in [5, 5.41) is 19.6. The Morgan fingerprint density at radius 2 is 2.18 bits per heavy atom. The SMILES string of the molecule is CC(C)[C@@H]1OCN2C(=O)[C@H](C)[C@H](O)[C@]12C(=O)O. The molecule has 2 rings (SSSR count). The number of rotatable bonds is 2. The van der Waals surface area contributed by atoms with Crippen molar-refractivity contribution in [2.45, 2.75) is 38.5 Å². The number of aliphatic hydroxyl groups is 1. The first-order chi connectivity index (χ1) is 7.85. The number of fused-ring (bicyclic) bond motifs is 1. The van der Waals surface area contributed by atoms with Crippen molar-refractivity contribution in [1.29, 1.82) is 0 Å². The van der Waals surface area contributed by atoms with Crippen molar-refractivity contribution >= 4 is 11.9 Å². The summed E-state index contributed by atoms with van der Waals surface area (Å²) in [6, 6.07) is 0. The maximum absolute atomic E-state index is 11.9. The molecule has 96 valence electrons. The van der Waals surface area contributed by atoms with Crippen LogP contribution in [-0.4, -0.2) is 51.5 Å². The van der Waals surface area contributed by atoms with Crippen LogP contribution in [0.5, 0.6) is 0 Å². The average Bonchev–Trinajstić information content (AvgIpc) is 2.73. The van der Waals surface area contributed by atoms with Gasteiger partial charge in [0, 0.05) is 0 Å². The zero-order valence-corrected chi connectivity index (χ0v) is 10.1. The van der Waals surface area contributed by atoms with E-state index in [9.17, 15) is 19.8 Å². The van der Waals surface area contributed by atoms with Crippen molar-refractivity contribution in [3.05, 3.63) is 0 Å². The molecular weight excluding hydrogens is 226 g/mol. The number of amides is 1. The lowest BCUT2D eigenvalue weighted by atomic mass is 9.80. The predicted octanol–water partition coefficient (Wildman–Crippen LogP) is -0.339. The standard InChI is InChI=1S/C11H17NO5/c1-5(2)8-11(10(15)16)7(13)6(3)9(14)12(11)4-17-8/h5-8,13H,4H2,1-3H3,(H,15,16)/t6-,7+,8+,11-/m1/s1. The van der Waals surface area contributed by atoms with Crippen LogP contribution in [-0.2, 0) is 14.3 Å². The first kappa shape index (κ1) is 12.3. The van der Waals surface area contributed by atoms with Gasteiger partial charge in [-0.25, -0.2) is 4.79 Å². The number of hydrogen-bond acceptors (Lipinski definition) is 4. The first-order valence-corrected chi connectivity index (χ1v) is 5.69. The van der Waals surface area contributed by atoms with E-state index in [1.807, 2.05) is 13.8 Å².